The summed E-state index contributed by atoms with van der Waals surface area (Å²) in [5, 5.41) is 0. The van der Waals surface area contributed by atoms with Crippen molar-refractivity contribution < 1.29 is 14.2 Å². The lowest BCUT2D eigenvalue weighted by atomic mass is 10.0. The highest BCUT2D eigenvalue weighted by Gasteiger charge is 2.11. The molecule has 2 N–H and O–H groups in total. The van der Waals surface area contributed by atoms with Crippen molar-refractivity contribution in [2.24, 2.45) is 0 Å². The molecule has 0 amide bonds. The summed E-state index contributed by atoms with van der Waals surface area (Å²) in [6, 6.07) is 21.0. The highest BCUT2D eigenvalue weighted by molar-refractivity contribution is 5.73. The first kappa shape index (κ1) is 15.7. The molecule has 3 aromatic carbocycles. The number of methoxy groups -OCH3 is 2. The molecule has 3 rings (SSSR count). The Bertz CT molecular complexity index is 832. The van der Waals surface area contributed by atoms with Gasteiger partial charge in [0, 0.05) is 11.6 Å². The maximum absolute atomic E-state index is 6.08. The highest BCUT2D eigenvalue weighted by atomic mass is 16.5. The topological polar surface area (TPSA) is 53.7 Å². The van der Waals surface area contributed by atoms with Crippen molar-refractivity contribution in [3.8, 4) is 34.1 Å². The maximum atomic E-state index is 6.08. The Hall–Kier alpha value is -3.14. The molecule has 4 nitrogen and oxygen atoms in total. The van der Waals surface area contributed by atoms with Crippen LogP contribution in [0.1, 0.15) is 0 Å². The number of rotatable bonds is 5. The molecular formula is C20H19NO3. The molecule has 0 heterocycles. The van der Waals surface area contributed by atoms with Gasteiger partial charge in [0.2, 0.25) is 0 Å². The second kappa shape index (κ2) is 6.96. The Morgan fingerprint density at radius 3 is 2.08 bits per heavy atom. The molecule has 122 valence electrons. The average molecular weight is 321 g/mol. The lowest BCUT2D eigenvalue weighted by Gasteiger charge is -2.15. The zero-order chi connectivity index (χ0) is 16.9. The third kappa shape index (κ3) is 3.27. The van der Waals surface area contributed by atoms with Crippen LogP contribution in [0, 0.1) is 0 Å². The van der Waals surface area contributed by atoms with Crippen LogP contribution in [0.25, 0.3) is 11.1 Å². The summed E-state index contributed by atoms with van der Waals surface area (Å²) in [5.41, 5.74) is 8.54. The summed E-state index contributed by atoms with van der Waals surface area (Å²) in [6.45, 7) is 0. The van der Waals surface area contributed by atoms with Crippen LogP contribution >= 0.6 is 0 Å². The van der Waals surface area contributed by atoms with E-state index in [1.807, 2.05) is 48.5 Å². The number of nitrogens with two attached hydrogens (primary N) is 1. The van der Waals surface area contributed by atoms with E-state index in [1.54, 1.807) is 32.4 Å². The van der Waals surface area contributed by atoms with E-state index in [1.165, 1.54) is 0 Å². The van der Waals surface area contributed by atoms with Crippen molar-refractivity contribution in [1.82, 2.24) is 0 Å². The van der Waals surface area contributed by atoms with Gasteiger partial charge in [-0.05, 0) is 35.9 Å². The van der Waals surface area contributed by atoms with E-state index in [-0.39, 0.29) is 0 Å². The molecule has 0 atom stereocenters. The molecule has 3 aromatic rings. The first-order valence-corrected chi connectivity index (χ1v) is 7.56. The molecule has 0 saturated heterocycles. The van der Waals surface area contributed by atoms with Crippen molar-refractivity contribution in [3.63, 3.8) is 0 Å². The summed E-state index contributed by atoms with van der Waals surface area (Å²) >= 11 is 0. The van der Waals surface area contributed by atoms with Gasteiger partial charge in [0.1, 0.15) is 17.2 Å². The normalized spacial score (nSPS) is 10.2. The standard InChI is InChI=1S/C20H19NO3/c1-22-15-9-11-19(17(12-15)14-6-4-3-5-7-14)24-20-13-16(23-2)8-10-18(20)21/h3-13H,21H2,1-2H3. The number of hydrogen-bond donors (Lipinski definition) is 1. The number of hydrogen-bond acceptors (Lipinski definition) is 4. The summed E-state index contributed by atoms with van der Waals surface area (Å²) in [6.07, 6.45) is 0. The molecule has 0 radical (unpaired) electrons. The quantitative estimate of drug-likeness (QED) is 0.689. The van der Waals surface area contributed by atoms with Crippen LogP contribution in [-0.2, 0) is 0 Å². The molecule has 0 bridgehead atoms. The zero-order valence-corrected chi connectivity index (χ0v) is 13.7. The molecule has 0 saturated carbocycles. The molecule has 0 aliphatic carbocycles. The molecule has 0 aliphatic rings. The predicted molar refractivity (Wildman–Crippen MR) is 95.9 cm³/mol. The van der Waals surface area contributed by atoms with Crippen molar-refractivity contribution in [2.45, 2.75) is 0 Å². The third-order valence-electron chi connectivity index (χ3n) is 3.71. The van der Waals surface area contributed by atoms with Crippen molar-refractivity contribution >= 4 is 5.69 Å². The first-order chi connectivity index (χ1) is 11.7. The highest BCUT2D eigenvalue weighted by Crippen LogP contribution is 2.38. The third-order valence-corrected chi connectivity index (χ3v) is 3.71. The largest absolute Gasteiger partial charge is 0.497 e. The van der Waals surface area contributed by atoms with E-state index >= 15 is 0 Å². The molecule has 0 aromatic heterocycles. The number of anilines is 1. The van der Waals surface area contributed by atoms with Crippen LogP contribution < -0.4 is 19.9 Å². The van der Waals surface area contributed by atoms with Gasteiger partial charge in [-0.25, -0.2) is 0 Å². The number of nitrogen functional groups attached to an aromatic ring is 1. The molecule has 0 unspecified atom stereocenters. The summed E-state index contributed by atoms with van der Waals surface area (Å²) in [5.74, 6) is 2.70. The van der Waals surface area contributed by atoms with Crippen molar-refractivity contribution in [1.29, 1.82) is 0 Å². The Morgan fingerprint density at radius 1 is 0.708 bits per heavy atom. The minimum Gasteiger partial charge on any atom is -0.497 e. The lowest BCUT2D eigenvalue weighted by molar-refractivity contribution is 0.408. The van der Waals surface area contributed by atoms with Gasteiger partial charge < -0.3 is 19.9 Å². The van der Waals surface area contributed by atoms with Gasteiger partial charge in [0.05, 0.1) is 19.9 Å². The molecule has 24 heavy (non-hydrogen) atoms. The van der Waals surface area contributed by atoms with Gasteiger partial charge in [-0.3, -0.25) is 0 Å². The lowest BCUT2D eigenvalue weighted by Crippen LogP contribution is -1.95. The molecule has 0 spiro atoms. The zero-order valence-electron chi connectivity index (χ0n) is 13.7. The van der Waals surface area contributed by atoms with Crippen LogP contribution in [0.3, 0.4) is 0 Å². The molecular weight excluding hydrogens is 302 g/mol. The van der Waals surface area contributed by atoms with E-state index < -0.39 is 0 Å². The van der Waals surface area contributed by atoms with E-state index in [0.717, 1.165) is 16.9 Å². The van der Waals surface area contributed by atoms with Crippen molar-refractivity contribution in [3.05, 3.63) is 66.7 Å². The minimum absolute atomic E-state index is 0.547. The fraction of sp³-hybridized carbons (Fsp3) is 0.100. The smallest absolute Gasteiger partial charge is 0.154 e. The van der Waals surface area contributed by atoms with Crippen LogP contribution in [0.5, 0.6) is 23.0 Å². The maximum Gasteiger partial charge on any atom is 0.154 e. The van der Waals surface area contributed by atoms with Gasteiger partial charge in [-0.15, -0.1) is 0 Å². The van der Waals surface area contributed by atoms with Gasteiger partial charge in [-0.1, -0.05) is 30.3 Å². The van der Waals surface area contributed by atoms with E-state index in [9.17, 15) is 0 Å². The SMILES string of the molecule is COc1ccc(N)c(Oc2ccc(OC)cc2-c2ccccc2)c1. The summed E-state index contributed by atoms with van der Waals surface area (Å²) < 4.78 is 16.7. The summed E-state index contributed by atoms with van der Waals surface area (Å²) in [7, 11) is 3.25. The molecule has 0 fully saturated rings. The van der Waals surface area contributed by atoms with Gasteiger partial charge in [-0.2, -0.15) is 0 Å². The second-order valence-electron chi connectivity index (χ2n) is 5.23. The Morgan fingerprint density at radius 2 is 1.38 bits per heavy atom. The minimum atomic E-state index is 0.547. The van der Waals surface area contributed by atoms with Gasteiger partial charge in [0.25, 0.3) is 0 Å². The first-order valence-electron chi connectivity index (χ1n) is 7.56. The molecule has 4 heteroatoms. The monoisotopic (exact) mass is 321 g/mol. The summed E-state index contributed by atoms with van der Waals surface area (Å²) in [4.78, 5) is 0. The van der Waals surface area contributed by atoms with Crippen LogP contribution in [0.2, 0.25) is 0 Å². The van der Waals surface area contributed by atoms with E-state index in [2.05, 4.69) is 0 Å². The fourth-order valence-electron chi connectivity index (χ4n) is 2.42. The van der Waals surface area contributed by atoms with Gasteiger partial charge >= 0.3 is 0 Å². The predicted octanol–water partition coefficient (Wildman–Crippen LogP) is 4.75. The fourth-order valence-corrected chi connectivity index (χ4v) is 2.42. The van der Waals surface area contributed by atoms with Crippen LogP contribution in [0.4, 0.5) is 5.69 Å². The van der Waals surface area contributed by atoms with Crippen LogP contribution in [0.15, 0.2) is 66.7 Å². The average Bonchev–Trinajstić information content (AvgIpc) is 2.64. The Kier molecular flexibility index (Phi) is 4.57. The Balaban J connectivity index is 2.05. The van der Waals surface area contributed by atoms with Crippen molar-refractivity contribution in [2.75, 3.05) is 20.0 Å². The van der Waals surface area contributed by atoms with E-state index in [4.69, 9.17) is 19.9 Å². The van der Waals surface area contributed by atoms with E-state index in [0.29, 0.717) is 22.9 Å². The number of benzene rings is 3. The number of ether oxygens (including phenoxy) is 3. The van der Waals surface area contributed by atoms with Gasteiger partial charge in [0.15, 0.2) is 5.75 Å². The second-order valence-corrected chi connectivity index (χ2v) is 5.23. The Labute approximate surface area is 141 Å². The molecule has 0 aliphatic heterocycles. The van der Waals surface area contributed by atoms with Crippen LogP contribution in [-0.4, -0.2) is 14.2 Å².